The normalized spacial score (nSPS) is 11.0. The van der Waals surface area contributed by atoms with E-state index in [-0.39, 0.29) is 12.8 Å². The molecule has 110 valence electrons. The molecule has 0 atom stereocenters. The van der Waals surface area contributed by atoms with Crippen LogP contribution in [0.2, 0.25) is 0 Å². The minimum absolute atomic E-state index is 0.0352. The van der Waals surface area contributed by atoms with Gasteiger partial charge in [0, 0.05) is 21.0 Å². The Kier molecular flexibility index (Phi) is 5.70. The highest BCUT2D eigenvalue weighted by atomic mass is 16.7. The number of hydrogen-bond donors (Lipinski definition) is 0. The highest BCUT2D eigenvalue weighted by Gasteiger charge is 2.22. The van der Waals surface area contributed by atoms with E-state index in [2.05, 4.69) is 0 Å². The van der Waals surface area contributed by atoms with Crippen LogP contribution in [-0.2, 0) is 19.1 Å². The number of rotatable bonds is 6. The SMILES string of the molecule is COC(C)(C)OC(=O)CCC(=O)Oc1ccc(C)cc1. The summed E-state index contributed by atoms with van der Waals surface area (Å²) in [6.07, 6.45) is -0.0794. The van der Waals surface area contributed by atoms with E-state index in [1.165, 1.54) is 7.11 Å². The molecule has 5 nitrogen and oxygen atoms in total. The smallest absolute Gasteiger partial charge is 0.311 e. The van der Waals surface area contributed by atoms with Gasteiger partial charge in [-0.15, -0.1) is 0 Å². The molecule has 0 saturated carbocycles. The molecule has 0 N–H and O–H groups in total. The number of ether oxygens (including phenoxy) is 3. The summed E-state index contributed by atoms with van der Waals surface area (Å²) in [5.41, 5.74) is 1.08. The van der Waals surface area contributed by atoms with Crippen molar-refractivity contribution in [2.45, 2.75) is 39.4 Å². The summed E-state index contributed by atoms with van der Waals surface area (Å²) in [6, 6.07) is 7.11. The van der Waals surface area contributed by atoms with Crippen LogP contribution in [0.25, 0.3) is 0 Å². The highest BCUT2D eigenvalue weighted by Crippen LogP contribution is 2.14. The zero-order chi connectivity index (χ0) is 15.2. The summed E-state index contributed by atoms with van der Waals surface area (Å²) >= 11 is 0. The molecule has 1 aromatic rings. The topological polar surface area (TPSA) is 61.8 Å². The van der Waals surface area contributed by atoms with E-state index in [4.69, 9.17) is 14.2 Å². The number of esters is 2. The highest BCUT2D eigenvalue weighted by molar-refractivity contribution is 5.79. The van der Waals surface area contributed by atoms with Gasteiger partial charge in [0.25, 0.3) is 0 Å². The Hall–Kier alpha value is -1.88. The summed E-state index contributed by atoms with van der Waals surface area (Å²) in [5, 5.41) is 0. The first-order valence-corrected chi connectivity index (χ1v) is 6.37. The van der Waals surface area contributed by atoms with Crippen LogP contribution in [0.5, 0.6) is 5.75 Å². The first-order valence-electron chi connectivity index (χ1n) is 6.37. The Bertz CT molecular complexity index is 462. The van der Waals surface area contributed by atoms with Crippen molar-refractivity contribution in [2.24, 2.45) is 0 Å². The zero-order valence-electron chi connectivity index (χ0n) is 12.3. The minimum atomic E-state index is -0.988. The molecule has 0 bridgehead atoms. The third-order valence-electron chi connectivity index (χ3n) is 2.64. The summed E-state index contributed by atoms with van der Waals surface area (Å²) in [5.74, 6) is -1.50. The maximum atomic E-state index is 11.6. The van der Waals surface area contributed by atoms with Crippen molar-refractivity contribution in [3.63, 3.8) is 0 Å². The van der Waals surface area contributed by atoms with E-state index in [1.54, 1.807) is 26.0 Å². The molecule has 1 rings (SSSR count). The van der Waals surface area contributed by atoms with E-state index in [1.807, 2.05) is 19.1 Å². The van der Waals surface area contributed by atoms with Gasteiger partial charge in [-0.2, -0.15) is 0 Å². The molecule has 20 heavy (non-hydrogen) atoms. The molecule has 0 aromatic heterocycles. The average Bonchev–Trinajstić information content (AvgIpc) is 2.39. The second-order valence-electron chi connectivity index (χ2n) is 4.87. The molecule has 0 amide bonds. The molecule has 0 spiro atoms. The Morgan fingerprint density at radius 2 is 1.60 bits per heavy atom. The molecule has 0 saturated heterocycles. The van der Waals surface area contributed by atoms with Crippen LogP contribution in [0, 0.1) is 6.92 Å². The molecule has 5 heteroatoms. The average molecular weight is 280 g/mol. The van der Waals surface area contributed by atoms with Gasteiger partial charge in [0.15, 0.2) is 0 Å². The molecular formula is C15H20O5. The van der Waals surface area contributed by atoms with Crippen LogP contribution < -0.4 is 4.74 Å². The van der Waals surface area contributed by atoms with Gasteiger partial charge in [0.05, 0.1) is 12.8 Å². The predicted molar refractivity (Wildman–Crippen MR) is 73.2 cm³/mol. The number of benzene rings is 1. The Morgan fingerprint density at radius 1 is 1.05 bits per heavy atom. The quantitative estimate of drug-likeness (QED) is 0.455. The van der Waals surface area contributed by atoms with Crippen LogP contribution in [0.4, 0.5) is 0 Å². The van der Waals surface area contributed by atoms with Crippen LogP contribution in [0.3, 0.4) is 0 Å². The molecule has 0 fully saturated rings. The molecule has 0 aliphatic heterocycles. The van der Waals surface area contributed by atoms with Gasteiger partial charge < -0.3 is 14.2 Å². The molecule has 1 aromatic carbocycles. The predicted octanol–water partition coefficient (Wildman–Crippen LogP) is 2.61. The lowest BCUT2D eigenvalue weighted by Crippen LogP contribution is -2.30. The van der Waals surface area contributed by atoms with Gasteiger partial charge in [-0.05, 0) is 19.1 Å². The van der Waals surface area contributed by atoms with Gasteiger partial charge in [0.2, 0.25) is 5.79 Å². The van der Waals surface area contributed by atoms with Gasteiger partial charge >= 0.3 is 11.9 Å². The fourth-order valence-corrected chi connectivity index (χ4v) is 1.36. The van der Waals surface area contributed by atoms with Gasteiger partial charge in [0.1, 0.15) is 5.75 Å². The van der Waals surface area contributed by atoms with Crippen molar-refractivity contribution in [1.29, 1.82) is 0 Å². The largest absolute Gasteiger partial charge is 0.434 e. The Balaban J connectivity index is 2.36. The molecule has 0 unspecified atom stereocenters. The van der Waals surface area contributed by atoms with Gasteiger partial charge in [-0.25, -0.2) is 0 Å². The van der Waals surface area contributed by atoms with E-state index in [0.717, 1.165) is 5.56 Å². The van der Waals surface area contributed by atoms with Crippen LogP contribution in [0.15, 0.2) is 24.3 Å². The number of methoxy groups -OCH3 is 1. The van der Waals surface area contributed by atoms with Crippen molar-refractivity contribution < 1.29 is 23.8 Å². The standard InChI is InChI=1S/C15H20O5/c1-11-5-7-12(8-6-11)19-13(16)9-10-14(17)20-15(2,3)18-4/h5-8H,9-10H2,1-4H3. The summed E-state index contributed by atoms with van der Waals surface area (Å²) in [4.78, 5) is 23.1. The van der Waals surface area contributed by atoms with E-state index >= 15 is 0 Å². The lowest BCUT2D eigenvalue weighted by atomic mass is 10.2. The van der Waals surface area contributed by atoms with Crippen molar-refractivity contribution >= 4 is 11.9 Å². The zero-order valence-corrected chi connectivity index (χ0v) is 12.3. The molecule has 0 heterocycles. The molecule has 0 aliphatic rings. The fraction of sp³-hybridized carbons (Fsp3) is 0.467. The van der Waals surface area contributed by atoms with Crippen LogP contribution >= 0.6 is 0 Å². The van der Waals surface area contributed by atoms with Crippen LogP contribution in [0.1, 0.15) is 32.3 Å². The van der Waals surface area contributed by atoms with Crippen molar-refractivity contribution in [3.8, 4) is 5.75 Å². The van der Waals surface area contributed by atoms with E-state index in [0.29, 0.717) is 5.75 Å². The van der Waals surface area contributed by atoms with E-state index in [9.17, 15) is 9.59 Å². The summed E-state index contributed by atoms with van der Waals surface area (Å²) < 4.78 is 15.1. The Labute approximate surface area is 118 Å². The maximum absolute atomic E-state index is 11.6. The number of aryl methyl sites for hydroxylation is 1. The maximum Gasteiger partial charge on any atom is 0.311 e. The monoisotopic (exact) mass is 280 g/mol. The van der Waals surface area contributed by atoms with Crippen molar-refractivity contribution in [2.75, 3.05) is 7.11 Å². The van der Waals surface area contributed by atoms with Crippen molar-refractivity contribution in [1.82, 2.24) is 0 Å². The lowest BCUT2D eigenvalue weighted by molar-refractivity contribution is -0.206. The van der Waals surface area contributed by atoms with Gasteiger partial charge in [-0.1, -0.05) is 17.7 Å². The third-order valence-corrected chi connectivity index (χ3v) is 2.64. The third kappa shape index (κ3) is 5.84. The summed E-state index contributed by atoms with van der Waals surface area (Å²) in [6.45, 7) is 5.18. The van der Waals surface area contributed by atoms with E-state index < -0.39 is 17.7 Å². The minimum Gasteiger partial charge on any atom is -0.434 e. The first-order chi connectivity index (χ1) is 9.32. The fourth-order valence-electron chi connectivity index (χ4n) is 1.36. The van der Waals surface area contributed by atoms with Crippen molar-refractivity contribution in [3.05, 3.63) is 29.8 Å². The molecule has 0 aliphatic carbocycles. The Morgan fingerprint density at radius 3 is 2.15 bits per heavy atom. The molecular weight excluding hydrogens is 260 g/mol. The number of carbonyl (C=O) groups is 2. The second kappa shape index (κ2) is 7.05. The summed E-state index contributed by atoms with van der Waals surface area (Å²) in [7, 11) is 1.44. The van der Waals surface area contributed by atoms with Crippen LogP contribution in [-0.4, -0.2) is 24.8 Å². The number of carbonyl (C=O) groups excluding carboxylic acids is 2. The first kappa shape index (κ1) is 16.2. The number of hydrogen-bond acceptors (Lipinski definition) is 5. The second-order valence-corrected chi connectivity index (χ2v) is 4.87. The van der Waals surface area contributed by atoms with Gasteiger partial charge in [-0.3, -0.25) is 9.59 Å². The molecule has 0 radical (unpaired) electrons. The lowest BCUT2D eigenvalue weighted by Gasteiger charge is -2.22.